The third-order valence-corrected chi connectivity index (χ3v) is 5.90. The molecule has 25 heavy (non-hydrogen) atoms. The average Bonchev–Trinajstić information content (AvgIpc) is 3.23. The number of benzene rings is 1. The molecule has 1 aliphatic rings. The number of thiophene rings is 1. The molecule has 2 heterocycles. The minimum Gasteiger partial charge on any atom is -0.319 e. The molecule has 1 atom stereocenters. The number of anilines is 1. The van der Waals surface area contributed by atoms with Crippen molar-refractivity contribution in [1.29, 1.82) is 0 Å². The van der Waals surface area contributed by atoms with Crippen LogP contribution < -0.4 is 5.32 Å². The Labute approximate surface area is 154 Å². The fourth-order valence-corrected chi connectivity index (χ4v) is 4.42. The van der Waals surface area contributed by atoms with Gasteiger partial charge in [0.05, 0.1) is 16.3 Å². The largest absolute Gasteiger partial charge is 0.319 e. The van der Waals surface area contributed by atoms with Crippen LogP contribution in [0.25, 0.3) is 5.69 Å². The number of aromatic nitrogens is 3. The molecule has 5 nitrogen and oxygen atoms in total. The molecule has 0 spiro atoms. The van der Waals surface area contributed by atoms with Crippen molar-refractivity contribution in [1.82, 2.24) is 14.8 Å². The predicted molar refractivity (Wildman–Crippen MR) is 99.8 cm³/mol. The molecule has 7 heteroatoms. The molecule has 0 saturated heterocycles. The van der Waals surface area contributed by atoms with Crippen molar-refractivity contribution >= 4 is 34.5 Å². The number of carbonyl (C=O) groups excluding carboxylic acids is 1. The Bertz CT molecular complexity index is 919. The van der Waals surface area contributed by atoms with Gasteiger partial charge in [-0.05, 0) is 55.0 Å². The molecule has 1 aliphatic carbocycles. The normalized spacial score (nSPS) is 16.5. The fourth-order valence-electron chi connectivity index (χ4n) is 3.14. The van der Waals surface area contributed by atoms with Crippen molar-refractivity contribution in [3.05, 3.63) is 57.3 Å². The average molecular weight is 373 g/mol. The quantitative estimate of drug-likeness (QED) is 0.743. The molecule has 128 valence electrons. The van der Waals surface area contributed by atoms with Crippen LogP contribution in [0.4, 0.5) is 5.69 Å². The highest BCUT2D eigenvalue weighted by molar-refractivity contribution is 7.14. The molecule has 0 fully saturated rings. The maximum Gasteiger partial charge on any atom is 0.265 e. The Morgan fingerprint density at radius 1 is 1.40 bits per heavy atom. The van der Waals surface area contributed by atoms with Gasteiger partial charge < -0.3 is 5.32 Å². The van der Waals surface area contributed by atoms with E-state index >= 15 is 0 Å². The van der Waals surface area contributed by atoms with Crippen LogP contribution in [-0.2, 0) is 12.8 Å². The van der Waals surface area contributed by atoms with Crippen LogP contribution in [-0.4, -0.2) is 20.7 Å². The van der Waals surface area contributed by atoms with Gasteiger partial charge in [0.25, 0.3) is 5.91 Å². The summed E-state index contributed by atoms with van der Waals surface area (Å²) in [7, 11) is 0. The van der Waals surface area contributed by atoms with Gasteiger partial charge in [0.2, 0.25) is 0 Å². The Hall–Kier alpha value is -2.18. The number of hydrogen-bond acceptors (Lipinski definition) is 4. The summed E-state index contributed by atoms with van der Waals surface area (Å²) in [5, 5.41) is 7.66. The second kappa shape index (κ2) is 6.61. The van der Waals surface area contributed by atoms with Crippen molar-refractivity contribution in [3.8, 4) is 5.69 Å². The van der Waals surface area contributed by atoms with Gasteiger partial charge in [0.15, 0.2) is 0 Å². The predicted octanol–water partition coefficient (Wildman–Crippen LogP) is 4.36. The van der Waals surface area contributed by atoms with Crippen LogP contribution in [0.15, 0.2) is 36.9 Å². The molecule has 3 aromatic rings. The monoisotopic (exact) mass is 372 g/mol. The van der Waals surface area contributed by atoms with Crippen LogP contribution in [0.1, 0.15) is 33.5 Å². The number of aryl methyl sites for hydroxylation is 1. The van der Waals surface area contributed by atoms with E-state index in [0.717, 1.165) is 23.4 Å². The van der Waals surface area contributed by atoms with Crippen molar-refractivity contribution < 1.29 is 4.79 Å². The standard InChI is InChI=1S/C18H17ClN4OS/c1-11-2-5-16-12(6-11)7-17(25-16)18(24)22-14-8-13(19)3-4-15(14)23-10-20-9-21-23/h3-4,7-11H,2,5-6H2,1H3,(H,22,24). The lowest BCUT2D eigenvalue weighted by Crippen LogP contribution is -2.13. The van der Waals surface area contributed by atoms with Gasteiger partial charge in [-0.15, -0.1) is 11.3 Å². The van der Waals surface area contributed by atoms with Gasteiger partial charge in [0.1, 0.15) is 12.7 Å². The smallest absolute Gasteiger partial charge is 0.265 e. The Kier molecular flexibility index (Phi) is 4.31. The highest BCUT2D eigenvalue weighted by Gasteiger charge is 2.21. The molecular formula is C18H17ClN4OS. The zero-order valence-corrected chi connectivity index (χ0v) is 15.3. The van der Waals surface area contributed by atoms with Crippen LogP contribution >= 0.6 is 22.9 Å². The van der Waals surface area contributed by atoms with E-state index in [9.17, 15) is 4.79 Å². The zero-order chi connectivity index (χ0) is 17.4. The van der Waals surface area contributed by atoms with E-state index in [2.05, 4.69) is 22.3 Å². The highest BCUT2D eigenvalue weighted by Crippen LogP contribution is 2.33. The summed E-state index contributed by atoms with van der Waals surface area (Å²) >= 11 is 7.70. The van der Waals surface area contributed by atoms with Crippen LogP contribution in [0.3, 0.4) is 0 Å². The van der Waals surface area contributed by atoms with Gasteiger partial charge >= 0.3 is 0 Å². The molecule has 0 saturated carbocycles. The molecule has 1 unspecified atom stereocenters. The molecular weight excluding hydrogens is 356 g/mol. The summed E-state index contributed by atoms with van der Waals surface area (Å²) < 4.78 is 1.60. The lowest BCUT2D eigenvalue weighted by molar-refractivity contribution is 0.103. The molecule has 0 radical (unpaired) electrons. The molecule has 1 N–H and O–H groups in total. The molecule has 0 bridgehead atoms. The van der Waals surface area contributed by atoms with Gasteiger partial charge in [-0.25, -0.2) is 9.67 Å². The summed E-state index contributed by atoms with van der Waals surface area (Å²) in [6.07, 6.45) is 6.36. The maximum absolute atomic E-state index is 12.8. The van der Waals surface area contributed by atoms with Crippen molar-refractivity contribution in [3.63, 3.8) is 0 Å². The van der Waals surface area contributed by atoms with Crippen molar-refractivity contribution in [2.75, 3.05) is 5.32 Å². The first-order chi connectivity index (χ1) is 12.1. The molecule has 4 rings (SSSR count). The highest BCUT2D eigenvalue weighted by atomic mass is 35.5. The Morgan fingerprint density at radius 3 is 3.08 bits per heavy atom. The first kappa shape index (κ1) is 16.3. The fraction of sp³-hybridized carbons (Fsp3) is 0.278. The second-order valence-corrected chi connectivity index (χ2v) is 7.94. The van der Waals surface area contributed by atoms with Gasteiger partial charge in [-0.3, -0.25) is 4.79 Å². The second-order valence-electron chi connectivity index (χ2n) is 6.36. The number of nitrogens with one attached hydrogen (secondary N) is 1. The molecule has 1 aromatic carbocycles. The van der Waals surface area contributed by atoms with Crippen LogP contribution in [0.5, 0.6) is 0 Å². The first-order valence-corrected chi connectivity index (χ1v) is 9.37. The minimum atomic E-state index is -0.115. The zero-order valence-electron chi connectivity index (χ0n) is 13.7. The number of nitrogens with zero attached hydrogens (tertiary/aromatic N) is 3. The minimum absolute atomic E-state index is 0.115. The lowest BCUT2D eigenvalue weighted by Gasteiger charge is -2.16. The van der Waals surface area contributed by atoms with E-state index in [1.54, 1.807) is 34.5 Å². The van der Waals surface area contributed by atoms with E-state index in [-0.39, 0.29) is 5.91 Å². The third-order valence-electron chi connectivity index (χ3n) is 4.43. The maximum atomic E-state index is 12.8. The Balaban J connectivity index is 1.62. The topological polar surface area (TPSA) is 59.8 Å². The molecule has 1 amide bonds. The summed E-state index contributed by atoms with van der Waals surface area (Å²) in [6, 6.07) is 7.34. The summed E-state index contributed by atoms with van der Waals surface area (Å²) in [5.41, 5.74) is 2.66. The Morgan fingerprint density at radius 2 is 2.28 bits per heavy atom. The van der Waals surface area contributed by atoms with E-state index < -0.39 is 0 Å². The van der Waals surface area contributed by atoms with Gasteiger partial charge in [0, 0.05) is 9.90 Å². The number of rotatable bonds is 3. The summed E-state index contributed by atoms with van der Waals surface area (Å²) in [5.74, 6) is 0.570. The van der Waals surface area contributed by atoms with Crippen LogP contribution in [0, 0.1) is 5.92 Å². The first-order valence-electron chi connectivity index (χ1n) is 8.17. The van der Waals surface area contributed by atoms with Gasteiger partial charge in [-0.2, -0.15) is 5.10 Å². The number of amides is 1. The summed E-state index contributed by atoms with van der Waals surface area (Å²) in [4.78, 5) is 18.8. The number of fused-ring (bicyclic) bond motifs is 1. The molecule has 0 aliphatic heterocycles. The number of hydrogen-bond donors (Lipinski definition) is 1. The van der Waals surface area contributed by atoms with Crippen molar-refractivity contribution in [2.45, 2.75) is 26.2 Å². The summed E-state index contributed by atoms with van der Waals surface area (Å²) in [6.45, 7) is 2.26. The lowest BCUT2D eigenvalue weighted by atomic mass is 9.90. The third kappa shape index (κ3) is 3.32. The van der Waals surface area contributed by atoms with E-state index in [4.69, 9.17) is 11.6 Å². The van der Waals surface area contributed by atoms with Gasteiger partial charge in [-0.1, -0.05) is 18.5 Å². The number of halogens is 1. The SMILES string of the molecule is CC1CCc2sc(C(=O)Nc3cc(Cl)ccc3-n3cncn3)cc2C1. The number of carbonyl (C=O) groups is 1. The van der Waals surface area contributed by atoms with Crippen molar-refractivity contribution in [2.24, 2.45) is 5.92 Å². The van der Waals surface area contributed by atoms with Crippen LogP contribution in [0.2, 0.25) is 5.02 Å². The van der Waals surface area contributed by atoms with E-state index in [1.165, 1.54) is 23.2 Å². The van der Waals surface area contributed by atoms with E-state index in [1.807, 2.05) is 12.1 Å². The van der Waals surface area contributed by atoms with E-state index in [0.29, 0.717) is 16.6 Å². The molecule has 2 aromatic heterocycles.